The molecular weight excluding hydrogens is 426 g/mol. The van der Waals surface area contributed by atoms with Crippen molar-refractivity contribution in [3.8, 4) is 0 Å². The largest absolute Gasteiger partial charge is 0.395 e. The van der Waals surface area contributed by atoms with E-state index in [4.69, 9.17) is 5.11 Å². The van der Waals surface area contributed by atoms with Gasteiger partial charge in [-0.25, -0.2) is 4.79 Å². The van der Waals surface area contributed by atoms with E-state index in [-0.39, 0.29) is 12.6 Å². The first-order valence-corrected chi connectivity index (χ1v) is 12.3. The lowest BCUT2D eigenvalue weighted by Gasteiger charge is -2.36. The molecular formula is C22H31N7O2S. The second kappa shape index (κ2) is 10.8. The molecule has 0 unspecified atom stereocenters. The number of urea groups is 1. The molecule has 2 aliphatic rings. The number of aromatic nitrogens is 2. The van der Waals surface area contributed by atoms with Gasteiger partial charge in [0.25, 0.3) is 0 Å². The van der Waals surface area contributed by atoms with Crippen molar-refractivity contribution in [2.24, 2.45) is 0 Å². The van der Waals surface area contributed by atoms with Crippen LogP contribution in [0, 0.1) is 0 Å². The van der Waals surface area contributed by atoms with Gasteiger partial charge in [0.2, 0.25) is 0 Å². The van der Waals surface area contributed by atoms with Crippen LogP contribution in [0.1, 0.15) is 0 Å². The molecule has 172 valence electrons. The SMILES string of the molecule is CSc1cccc(NC(=O)N2CCN(c3ccc(N4CCN(CCO)CC4)nn3)CC2)c1. The van der Waals surface area contributed by atoms with Gasteiger partial charge in [0, 0.05) is 69.5 Å². The van der Waals surface area contributed by atoms with Crippen LogP contribution in [-0.2, 0) is 0 Å². The number of aliphatic hydroxyl groups is 1. The molecule has 1 aromatic heterocycles. The number of nitrogens with zero attached hydrogens (tertiary/aromatic N) is 6. The maximum atomic E-state index is 12.6. The topological polar surface area (TPSA) is 88.1 Å². The van der Waals surface area contributed by atoms with E-state index in [2.05, 4.69) is 30.2 Å². The van der Waals surface area contributed by atoms with E-state index in [1.165, 1.54) is 0 Å². The first-order valence-electron chi connectivity index (χ1n) is 11.0. The van der Waals surface area contributed by atoms with Gasteiger partial charge in [-0.05, 0) is 36.6 Å². The summed E-state index contributed by atoms with van der Waals surface area (Å²) in [5.41, 5.74) is 0.822. The molecule has 9 nitrogen and oxygen atoms in total. The maximum absolute atomic E-state index is 12.6. The summed E-state index contributed by atoms with van der Waals surface area (Å²) >= 11 is 1.66. The molecule has 2 amide bonds. The number of thioether (sulfide) groups is 1. The highest BCUT2D eigenvalue weighted by Crippen LogP contribution is 2.21. The Bertz CT molecular complexity index is 882. The van der Waals surface area contributed by atoms with E-state index in [1.807, 2.05) is 47.6 Å². The van der Waals surface area contributed by atoms with E-state index in [9.17, 15) is 4.79 Å². The summed E-state index contributed by atoms with van der Waals surface area (Å²) < 4.78 is 0. The number of aliphatic hydroxyl groups excluding tert-OH is 1. The minimum Gasteiger partial charge on any atom is -0.395 e. The number of hydrogen-bond acceptors (Lipinski definition) is 8. The number of rotatable bonds is 6. The van der Waals surface area contributed by atoms with Crippen molar-refractivity contribution in [3.63, 3.8) is 0 Å². The zero-order valence-corrected chi connectivity index (χ0v) is 19.3. The number of benzene rings is 1. The van der Waals surface area contributed by atoms with Crippen LogP contribution in [0.3, 0.4) is 0 Å². The predicted octanol–water partition coefficient (Wildman–Crippen LogP) is 1.67. The number of β-amino-alcohol motifs (C(OH)–C–C–N with tert-alkyl or cyclic N) is 1. The number of hydrogen-bond donors (Lipinski definition) is 2. The van der Waals surface area contributed by atoms with Crippen molar-refractivity contribution >= 4 is 35.1 Å². The fraction of sp³-hybridized carbons (Fsp3) is 0.500. The normalized spacial score (nSPS) is 17.5. The van der Waals surface area contributed by atoms with Gasteiger partial charge in [-0.15, -0.1) is 22.0 Å². The molecule has 3 heterocycles. The third kappa shape index (κ3) is 5.62. The van der Waals surface area contributed by atoms with Crippen LogP contribution in [0.15, 0.2) is 41.3 Å². The van der Waals surface area contributed by atoms with Crippen molar-refractivity contribution in [3.05, 3.63) is 36.4 Å². The number of anilines is 3. The number of carbonyl (C=O) groups excluding carboxylic acids is 1. The Balaban J connectivity index is 1.26. The molecule has 2 saturated heterocycles. The first-order chi connectivity index (χ1) is 15.7. The maximum Gasteiger partial charge on any atom is 0.321 e. The van der Waals surface area contributed by atoms with E-state index < -0.39 is 0 Å². The summed E-state index contributed by atoms with van der Waals surface area (Å²) in [5, 5.41) is 21.0. The minimum atomic E-state index is -0.0651. The van der Waals surface area contributed by atoms with Gasteiger partial charge in [-0.2, -0.15) is 0 Å². The fourth-order valence-corrected chi connectivity index (χ4v) is 4.50. The van der Waals surface area contributed by atoms with Crippen LogP contribution in [-0.4, -0.2) is 103 Å². The molecule has 2 aromatic rings. The number of amides is 2. The van der Waals surface area contributed by atoms with Crippen LogP contribution in [0.4, 0.5) is 22.1 Å². The second-order valence-corrected chi connectivity index (χ2v) is 8.82. The summed E-state index contributed by atoms with van der Waals surface area (Å²) in [4.78, 5) is 22.3. The average Bonchev–Trinajstić information content (AvgIpc) is 2.85. The number of carbonyl (C=O) groups is 1. The Morgan fingerprint density at radius 2 is 1.59 bits per heavy atom. The van der Waals surface area contributed by atoms with Crippen molar-refractivity contribution in [2.75, 3.05) is 86.9 Å². The zero-order chi connectivity index (χ0) is 22.3. The van der Waals surface area contributed by atoms with E-state index >= 15 is 0 Å². The van der Waals surface area contributed by atoms with Crippen LogP contribution < -0.4 is 15.1 Å². The average molecular weight is 458 g/mol. The molecule has 0 bridgehead atoms. The molecule has 10 heteroatoms. The fourth-order valence-electron chi connectivity index (χ4n) is 4.04. The standard InChI is InChI=1S/C22H31N7O2S/c1-32-19-4-2-3-18(17-19)23-22(31)29-13-11-28(12-14-29)21-6-5-20(24-25-21)27-9-7-26(8-10-27)15-16-30/h2-6,17,30H,7-16H2,1H3,(H,23,31). The molecule has 1 aromatic carbocycles. The van der Waals surface area contributed by atoms with Gasteiger partial charge in [-0.1, -0.05) is 6.07 Å². The Kier molecular flexibility index (Phi) is 7.67. The molecule has 4 rings (SSSR count). The van der Waals surface area contributed by atoms with Crippen LogP contribution in [0.25, 0.3) is 0 Å². The molecule has 2 N–H and O–H groups in total. The zero-order valence-electron chi connectivity index (χ0n) is 18.5. The van der Waals surface area contributed by atoms with Crippen LogP contribution in [0.2, 0.25) is 0 Å². The molecule has 32 heavy (non-hydrogen) atoms. The quantitative estimate of drug-likeness (QED) is 0.634. The van der Waals surface area contributed by atoms with Gasteiger partial charge < -0.3 is 25.1 Å². The lowest BCUT2D eigenvalue weighted by molar-refractivity contribution is 0.188. The van der Waals surface area contributed by atoms with E-state index in [1.54, 1.807) is 11.8 Å². The van der Waals surface area contributed by atoms with Crippen LogP contribution in [0.5, 0.6) is 0 Å². The Morgan fingerprint density at radius 1 is 0.969 bits per heavy atom. The first kappa shape index (κ1) is 22.6. The lowest BCUT2D eigenvalue weighted by Crippen LogP contribution is -2.50. The third-order valence-corrected chi connectivity index (χ3v) is 6.69. The van der Waals surface area contributed by atoms with Crippen molar-refractivity contribution in [1.82, 2.24) is 20.0 Å². The number of piperazine rings is 2. The predicted molar refractivity (Wildman–Crippen MR) is 129 cm³/mol. The molecule has 0 radical (unpaired) electrons. The van der Waals surface area contributed by atoms with Crippen molar-refractivity contribution in [2.45, 2.75) is 4.90 Å². The molecule has 2 aliphatic heterocycles. The lowest BCUT2D eigenvalue weighted by atomic mass is 10.3. The summed E-state index contributed by atoms with van der Waals surface area (Å²) in [6.07, 6.45) is 2.02. The highest BCUT2D eigenvalue weighted by molar-refractivity contribution is 7.98. The van der Waals surface area contributed by atoms with Gasteiger partial charge in [0.1, 0.15) is 0 Å². The van der Waals surface area contributed by atoms with Crippen molar-refractivity contribution in [1.29, 1.82) is 0 Å². The van der Waals surface area contributed by atoms with Crippen LogP contribution >= 0.6 is 11.8 Å². The number of nitrogens with one attached hydrogen (secondary N) is 1. The molecule has 0 saturated carbocycles. The Morgan fingerprint density at radius 3 is 2.16 bits per heavy atom. The molecule has 0 atom stereocenters. The molecule has 0 spiro atoms. The summed E-state index contributed by atoms with van der Waals surface area (Å²) in [6, 6.07) is 11.9. The van der Waals surface area contributed by atoms with Gasteiger partial charge in [0.05, 0.1) is 6.61 Å². The van der Waals surface area contributed by atoms with E-state index in [0.29, 0.717) is 13.1 Å². The van der Waals surface area contributed by atoms with Crippen molar-refractivity contribution < 1.29 is 9.90 Å². The van der Waals surface area contributed by atoms with Gasteiger partial charge in [-0.3, -0.25) is 4.90 Å². The summed E-state index contributed by atoms with van der Waals surface area (Å²) in [7, 11) is 0. The molecule has 2 fully saturated rings. The minimum absolute atomic E-state index is 0.0651. The van der Waals surface area contributed by atoms with Gasteiger partial charge in [0.15, 0.2) is 11.6 Å². The van der Waals surface area contributed by atoms with E-state index in [0.717, 1.165) is 68.0 Å². The Labute approximate surface area is 193 Å². The highest BCUT2D eigenvalue weighted by Gasteiger charge is 2.23. The second-order valence-electron chi connectivity index (χ2n) is 7.94. The Hall–Kier alpha value is -2.56. The smallest absolute Gasteiger partial charge is 0.321 e. The van der Waals surface area contributed by atoms with Gasteiger partial charge >= 0.3 is 6.03 Å². The third-order valence-electron chi connectivity index (χ3n) is 5.96. The summed E-state index contributed by atoms with van der Waals surface area (Å²) in [5.74, 6) is 1.74. The monoisotopic (exact) mass is 457 g/mol. The summed E-state index contributed by atoms with van der Waals surface area (Å²) in [6.45, 7) is 7.31. The molecule has 0 aliphatic carbocycles. The highest BCUT2D eigenvalue weighted by atomic mass is 32.2.